The Morgan fingerprint density at radius 1 is 1.30 bits per heavy atom. The third-order valence-electron chi connectivity index (χ3n) is 5.78. The molecule has 124 valence electrons. The molecule has 4 nitrogen and oxygen atoms in total. The molecule has 0 aromatic heterocycles. The van der Waals surface area contributed by atoms with Gasteiger partial charge < -0.3 is 15.2 Å². The number of carbonyl (C=O) groups excluding carboxylic acids is 1. The van der Waals surface area contributed by atoms with Gasteiger partial charge in [-0.15, -0.1) is 0 Å². The molecule has 2 saturated carbocycles. The number of nitrogens with one attached hydrogen (secondary N) is 1. The standard InChI is InChI=1S/C19H25NO3/c21-15-5-3-4-13(10-15)16-11-17(16)18(22)20-14-6-9-23-19(12-14)7-1-2-8-19/h3-5,10,14,16-17,21H,1-2,6-9,11-12H2,(H,20,22)/t14?,16-,17+/m0/s1. The number of phenolic OH excluding ortho intramolecular Hbond substituents is 1. The molecule has 1 heterocycles. The molecule has 1 saturated heterocycles. The lowest BCUT2D eigenvalue weighted by atomic mass is 9.89. The van der Waals surface area contributed by atoms with Gasteiger partial charge >= 0.3 is 0 Å². The van der Waals surface area contributed by atoms with Crippen molar-refractivity contribution in [3.63, 3.8) is 0 Å². The third kappa shape index (κ3) is 3.09. The summed E-state index contributed by atoms with van der Waals surface area (Å²) < 4.78 is 6.04. The highest BCUT2D eigenvalue weighted by atomic mass is 16.5. The van der Waals surface area contributed by atoms with Gasteiger partial charge in [0.15, 0.2) is 0 Å². The minimum atomic E-state index is 0.0460. The van der Waals surface area contributed by atoms with E-state index in [-0.39, 0.29) is 35.1 Å². The van der Waals surface area contributed by atoms with Gasteiger partial charge in [-0.3, -0.25) is 4.79 Å². The van der Waals surface area contributed by atoms with Gasteiger partial charge in [-0.1, -0.05) is 25.0 Å². The maximum Gasteiger partial charge on any atom is 0.223 e. The van der Waals surface area contributed by atoms with Crippen LogP contribution in [0.15, 0.2) is 24.3 Å². The molecule has 0 bridgehead atoms. The number of rotatable bonds is 3. The van der Waals surface area contributed by atoms with Crippen LogP contribution < -0.4 is 5.32 Å². The number of hydrogen-bond donors (Lipinski definition) is 2. The van der Waals surface area contributed by atoms with Crippen molar-refractivity contribution < 1.29 is 14.6 Å². The van der Waals surface area contributed by atoms with Gasteiger partial charge in [-0.05, 0) is 55.7 Å². The number of ether oxygens (including phenoxy) is 1. The zero-order valence-electron chi connectivity index (χ0n) is 13.5. The summed E-state index contributed by atoms with van der Waals surface area (Å²) in [4.78, 5) is 12.5. The van der Waals surface area contributed by atoms with Gasteiger partial charge in [-0.25, -0.2) is 0 Å². The number of carbonyl (C=O) groups is 1. The molecule has 1 aliphatic heterocycles. The Balaban J connectivity index is 1.34. The summed E-state index contributed by atoms with van der Waals surface area (Å²) in [6, 6.07) is 7.56. The van der Waals surface area contributed by atoms with Gasteiger partial charge in [0.25, 0.3) is 0 Å². The zero-order chi connectivity index (χ0) is 15.9. The van der Waals surface area contributed by atoms with E-state index >= 15 is 0 Å². The Labute approximate surface area is 137 Å². The van der Waals surface area contributed by atoms with Crippen LogP contribution in [0.5, 0.6) is 5.75 Å². The van der Waals surface area contributed by atoms with E-state index in [1.54, 1.807) is 12.1 Å². The van der Waals surface area contributed by atoms with Crippen LogP contribution in [0.4, 0.5) is 0 Å². The first-order chi connectivity index (χ1) is 11.2. The lowest BCUT2D eigenvalue weighted by Gasteiger charge is -2.38. The fourth-order valence-electron chi connectivity index (χ4n) is 4.44. The molecule has 4 rings (SSSR count). The van der Waals surface area contributed by atoms with Crippen molar-refractivity contribution >= 4 is 5.91 Å². The summed E-state index contributed by atoms with van der Waals surface area (Å²) in [5.41, 5.74) is 1.12. The summed E-state index contributed by atoms with van der Waals surface area (Å²) >= 11 is 0. The van der Waals surface area contributed by atoms with E-state index < -0.39 is 0 Å². The van der Waals surface area contributed by atoms with Crippen molar-refractivity contribution in [3.05, 3.63) is 29.8 Å². The van der Waals surface area contributed by atoms with Crippen LogP contribution in [0.25, 0.3) is 0 Å². The van der Waals surface area contributed by atoms with Crippen molar-refractivity contribution in [1.82, 2.24) is 5.32 Å². The Kier molecular flexibility index (Phi) is 3.80. The van der Waals surface area contributed by atoms with Gasteiger partial charge in [0.1, 0.15) is 5.75 Å². The highest BCUT2D eigenvalue weighted by Crippen LogP contribution is 2.48. The van der Waals surface area contributed by atoms with Crippen LogP contribution in [0.1, 0.15) is 56.4 Å². The van der Waals surface area contributed by atoms with E-state index in [1.807, 2.05) is 12.1 Å². The molecule has 1 spiro atoms. The first kappa shape index (κ1) is 15.0. The molecular formula is C19H25NO3. The average molecular weight is 315 g/mol. The summed E-state index contributed by atoms with van der Waals surface area (Å²) in [6.07, 6.45) is 7.60. The number of amides is 1. The molecule has 2 aliphatic carbocycles. The molecule has 2 N–H and O–H groups in total. The monoisotopic (exact) mass is 315 g/mol. The number of hydrogen-bond acceptors (Lipinski definition) is 3. The second-order valence-electron chi connectivity index (χ2n) is 7.48. The maximum atomic E-state index is 12.5. The van der Waals surface area contributed by atoms with Crippen molar-refractivity contribution in [2.45, 2.75) is 62.5 Å². The van der Waals surface area contributed by atoms with E-state index in [2.05, 4.69) is 5.32 Å². The lowest BCUT2D eigenvalue weighted by Crippen LogP contribution is -2.47. The third-order valence-corrected chi connectivity index (χ3v) is 5.78. The second kappa shape index (κ2) is 5.82. The summed E-state index contributed by atoms with van der Waals surface area (Å²) in [5, 5.41) is 12.8. The van der Waals surface area contributed by atoms with Crippen LogP contribution in [0.2, 0.25) is 0 Å². The molecule has 1 unspecified atom stereocenters. The minimum absolute atomic E-state index is 0.0460. The van der Waals surface area contributed by atoms with Crippen molar-refractivity contribution in [3.8, 4) is 5.75 Å². The van der Waals surface area contributed by atoms with E-state index in [4.69, 9.17) is 4.74 Å². The predicted octanol–water partition coefficient (Wildman–Crippen LogP) is 3.10. The Bertz CT molecular complexity index is 594. The Hall–Kier alpha value is -1.55. The summed E-state index contributed by atoms with van der Waals surface area (Å²) in [6.45, 7) is 0.769. The Morgan fingerprint density at radius 2 is 2.13 bits per heavy atom. The van der Waals surface area contributed by atoms with Crippen molar-refractivity contribution in [2.24, 2.45) is 5.92 Å². The van der Waals surface area contributed by atoms with Gasteiger partial charge in [-0.2, -0.15) is 0 Å². The molecule has 3 atom stereocenters. The molecule has 1 aromatic carbocycles. The van der Waals surface area contributed by atoms with Gasteiger partial charge in [0.05, 0.1) is 5.60 Å². The van der Waals surface area contributed by atoms with E-state index in [1.165, 1.54) is 12.8 Å². The lowest BCUT2D eigenvalue weighted by molar-refractivity contribution is -0.126. The van der Waals surface area contributed by atoms with E-state index in [0.717, 1.165) is 44.3 Å². The van der Waals surface area contributed by atoms with Crippen LogP contribution in [0, 0.1) is 5.92 Å². The molecule has 1 amide bonds. The predicted molar refractivity (Wildman–Crippen MR) is 87.3 cm³/mol. The molecular weight excluding hydrogens is 290 g/mol. The number of phenols is 1. The van der Waals surface area contributed by atoms with E-state index in [9.17, 15) is 9.90 Å². The molecule has 1 aromatic rings. The van der Waals surface area contributed by atoms with Crippen LogP contribution in [-0.2, 0) is 9.53 Å². The van der Waals surface area contributed by atoms with E-state index in [0.29, 0.717) is 0 Å². The second-order valence-corrected chi connectivity index (χ2v) is 7.48. The van der Waals surface area contributed by atoms with Gasteiger partial charge in [0, 0.05) is 18.6 Å². The molecule has 0 radical (unpaired) electrons. The Morgan fingerprint density at radius 3 is 2.91 bits per heavy atom. The molecule has 3 aliphatic rings. The maximum absolute atomic E-state index is 12.5. The molecule has 3 fully saturated rings. The highest BCUT2D eigenvalue weighted by molar-refractivity contribution is 5.83. The topological polar surface area (TPSA) is 58.6 Å². The zero-order valence-corrected chi connectivity index (χ0v) is 13.5. The van der Waals surface area contributed by atoms with Gasteiger partial charge in [0.2, 0.25) is 5.91 Å². The van der Waals surface area contributed by atoms with Crippen molar-refractivity contribution in [1.29, 1.82) is 0 Å². The first-order valence-electron chi connectivity index (χ1n) is 8.88. The normalized spacial score (nSPS) is 31.9. The molecule has 23 heavy (non-hydrogen) atoms. The number of benzene rings is 1. The number of aromatic hydroxyl groups is 1. The van der Waals surface area contributed by atoms with Crippen LogP contribution in [0.3, 0.4) is 0 Å². The summed E-state index contributed by atoms with van der Waals surface area (Å²) in [7, 11) is 0. The first-order valence-corrected chi connectivity index (χ1v) is 8.88. The minimum Gasteiger partial charge on any atom is -0.508 e. The fraction of sp³-hybridized carbons (Fsp3) is 0.632. The largest absolute Gasteiger partial charge is 0.508 e. The SMILES string of the molecule is O=C(NC1CCOC2(CCCC2)C1)[C@@H]1C[C@H]1c1cccc(O)c1. The summed E-state index contributed by atoms with van der Waals surface area (Å²) in [5.74, 6) is 0.793. The molecule has 4 heteroatoms. The quantitative estimate of drug-likeness (QED) is 0.901. The van der Waals surface area contributed by atoms with Crippen molar-refractivity contribution in [2.75, 3.05) is 6.61 Å². The van der Waals surface area contributed by atoms with Crippen LogP contribution >= 0.6 is 0 Å². The smallest absolute Gasteiger partial charge is 0.223 e. The average Bonchev–Trinajstić information content (AvgIpc) is 3.23. The highest BCUT2D eigenvalue weighted by Gasteiger charge is 2.46. The van der Waals surface area contributed by atoms with Crippen LogP contribution in [-0.4, -0.2) is 29.3 Å². The fourth-order valence-corrected chi connectivity index (χ4v) is 4.44.